The number of fused-ring (bicyclic) bond motifs is 1. The molecule has 8 nitrogen and oxygen atoms in total. The molecule has 2 aromatic heterocycles. The number of aromatic nitrogens is 2. The van der Waals surface area contributed by atoms with E-state index in [0.29, 0.717) is 32.1 Å². The lowest BCUT2D eigenvalue weighted by atomic mass is 10.2. The molecule has 1 aromatic carbocycles. The fourth-order valence-electron chi connectivity index (χ4n) is 2.97. The van der Waals surface area contributed by atoms with Crippen molar-refractivity contribution in [2.45, 2.75) is 39.8 Å². The van der Waals surface area contributed by atoms with Crippen molar-refractivity contribution in [2.24, 2.45) is 0 Å². The Morgan fingerprint density at radius 3 is 2.73 bits per heavy atom. The summed E-state index contributed by atoms with van der Waals surface area (Å²) in [6.45, 7) is 5.43. The van der Waals surface area contributed by atoms with Gasteiger partial charge in [-0.2, -0.15) is 0 Å². The highest BCUT2D eigenvalue weighted by Crippen LogP contribution is 2.27. The molecule has 0 unspecified atom stereocenters. The highest BCUT2D eigenvalue weighted by atomic mass is 32.1. The van der Waals surface area contributed by atoms with Gasteiger partial charge in [0.2, 0.25) is 5.91 Å². The molecule has 0 aliphatic rings. The second-order valence-corrected chi connectivity index (χ2v) is 7.94. The molecule has 0 saturated carbocycles. The zero-order valence-electron chi connectivity index (χ0n) is 17.3. The van der Waals surface area contributed by atoms with Crippen LogP contribution in [0.15, 0.2) is 35.4 Å². The van der Waals surface area contributed by atoms with Gasteiger partial charge < -0.3 is 15.4 Å². The number of hydrogen-bond donors (Lipinski definition) is 2. The van der Waals surface area contributed by atoms with Crippen LogP contribution in [0.3, 0.4) is 0 Å². The number of carbonyl (C=O) groups excluding carboxylic acids is 2. The third-order valence-corrected chi connectivity index (χ3v) is 6.01. The van der Waals surface area contributed by atoms with Crippen molar-refractivity contribution in [1.82, 2.24) is 14.9 Å². The second-order valence-electron chi connectivity index (χ2n) is 6.95. The molecule has 9 heteroatoms. The first-order valence-corrected chi connectivity index (χ1v) is 10.4. The number of aryl methyl sites for hydroxylation is 1. The molecule has 1 atom stereocenters. The Balaban J connectivity index is 1.86. The lowest BCUT2D eigenvalue weighted by Crippen LogP contribution is -2.31. The van der Waals surface area contributed by atoms with Crippen LogP contribution < -0.4 is 20.9 Å². The number of nitrogens with zero attached hydrogens (tertiary/aromatic N) is 2. The summed E-state index contributed by atoms with van der Waals surface area (Å²) in [6, 6.07) is 7.05. The Kier molecular flexibility index (Phi) is 6.51. The first kappa shape index (κ1) is 21.5. The normalized spacial score (nSPS) is 11.9. The summed E-state index contributed by atoms with van der Waals surface area (Å²) in [7, 11) is 1.52. The summed E-state index contributed by atoms with van der Waals surface area (Å²) in [5.41, 5.74) is 0.738. The molecule has 2 N–H and O–H groups in total. The summed E-state index contributed by atoms with van der Waals surface area (Å²) in [4.78, 5) is 43.2. The molecule has 0 radical (unpaired) electrons. The smallest absolute Gasteiger partial charge is 0.262 e. The molecule has 2 amide bonds. The highest BCUT2D eigenvalue weighted by molar-refractivity contribution is 7.20. The minimum Gasteiger partial charge on any atom is -0.495 e. The molecule has 0 saturated heterocycles. The van der Waals surface area contributed by atoms with E-state index in [1.807, 2.05) is 13.8 Å². The zero-order valence-corrected chi connectivity index (χ0v) is 18.1. The minimum atomic E-state index is -0.384. The first-order chi connectivity index (χ1) is 14.3. The first-order valence-electron chi connectivity index (χ1n) is 9.58. The number of para-hydroxylation sites is 2. The van der Waals surface area contributed by atoms with Gasteiger partial charge in [0, 0.05) is 6.04 Å². The Bertz CT molecular complexity index is 1150. The Labute approximate surface area is 177 Å². The summed E-state index contributed by atoms with van der Waals surface area (Å²) in [6.07, 6.45) is 2.14. The Hall–Kier alpha value is -3.20. The molecular formula is C21H24N4O4S. The molecule has 30 heavy (non-hydrogen) atoms. The van der Waals surface area contributed by atoms with Gasteiger partial charge >= 0.3 is 0 Å². The van der Waals surface area contributed by atoms with Gasteiger partial charge in [0.05, 0.1) is 29.4 Å². The summed E-state index contributed by atoms with van der Waals surface area (Å²) in [5.74, 6) is -0.0764. The standard InChI is InChI=1S/C21H24N4O4S/c1-5-12(2)23-19(27)18-13(3)17-20(30-18)22-11-25(21(17)28)10-16(26)24-14-8-6-7-9-15(14)29-4/h6-9,11-12H,5,10H2,1-4H3,(H,23,27)(H,24,26)/t12-/m1/s1. The number of methoxy groups -OCH3 is 1. The van der Waals surface area contributed by atoms with Gasteiger partial charge in [0.1, 0.15) is 17.1 Å². The molecule has 3 rings (SSSR count). The van der Waals surface area contributed by atoms with E-state index in [1.54, 1.807) is 31.2 Å². The van der Waals surface area contributed by atoms with Crippen molar-refractivity contribution in [1.29, 1.82) is 0 Å². The second kappa shape index (κ2) is 9.08. The van der Waals surface area contributed by atoms with Gasteiger partial charge in [-0.15, -0.1) is 11.3 Å². The van der Waals surface area contributed by atoms with Crippen LogP contribution in [0.5, 0.6) is 5.75 Å². The average Bonchev–Trinajstić information content (AvgIpc) is 3.07. The van der Waals surface area contributed by atoms with Crippen LogP contribution in [0.1, 0.15) is 35.5 Å². The largest absolute Gasteiger partial charge is 0.495 e. The van der Waals surface area contributed by atoms with Crippen LogP contribution in [0.4, 0.5) is 5.69 Å². The van der Waals surface area contributed by atoms with Gasteiger partial charge in [0.25, 0.3) is 11.5 Å². The quantitative estimate of drug-likeness (QED) is 0.602. The van der Waals surface area contributed by atoms with E-state index in [2.05, 4.69) is 15.6 Å². The average molecular weight is 429 g/mol. The number of anilines is 1. The monoisotopic (exact) mass is 428 g/mol. The van der Waals surface area contributed by atoms with Gasteiger partial charge in [-0.1, -0.05) is 19.1 Å². The maximum Gasteiger partial charge on any atom is 0.262 e. The Morgan fingerprint density at radius 2 is 2.03 bits per heavy atom. The predicted molar refractivity (Wildman–Crippen MR) is 117 cm³/mol. The summed E-state index contributed by atoms with van der Waals surface area (Å²) < 4.78 is 6.46. The molecule has 3 aromatic rings. The van der Waals surface area contributed by atoms with Crippen molar-refractivity contribution in [3.63, 3.8) is 0 Å². The van der Waals surface area contributed by atoms with Crippen molar-refractivity contribution in [2.75, 3.05) is 12.4 Å². The molecule has 2 heterocycles. The molecule has 0 aliphatic carbocycles. The van der Waals surface area contributed by atoms with E-state index in [4.69, 9.17) is 4.74 Å². The zero-order chi connectivity index (χ0) is 21.8. The van der Waals surface area contributed by atoms with Crippen LogP contribution in [0.25, 0.3) is 10.2 Å². The van der Waals surface area contributed by atoms with E-state index < -0.39 is 0 Å². The van der Waals surface area contributed by atoms with Crippen LogP contribution in [-0.4, -0.2) is 34.5 Å². The number of thiophene rings is 1. The number of amides is 2. The number of benzene rings is 1. The SMILES string of the molecule is CC[C@@H](C)NC(=O)c1sc2ncn(CC(=O)Nc3ccccc3OC)c(=O)c2c1C. The lowest BCUT2D eigenvalue weighted by Gasteiger charge is -2.11. The molecule has 0 bridgehead atoms. The van der Waals surface area contributed by atoms with Crippen LogP contribution in [-0.2, 0) is 11.3 Å². The van der Waals surface area contributed by atoms with Crippen LogP contribution in [0, 0.1) is 6.92 Å². The van der Waals surface area contributed by atoms with E-state index >= 15 is 0 Å². The number of rotatable bonds is 7. The number of ether oxygens (including phenoxy) is 1. The predicted octanol–water partition coefficient (Wildman–Crippen LogP) is 2.94. The van der Waals surface area contributed by atoms with E-state index in [0.717, 1.165) is 6.42 Å². The number of carbonyl (C=O) groups is 2. The van der Waals surface area contributed by atoms with Crippen molar-refractivity contribution >= 4 is 39.1 Å². The van der Waals surface area contributed by atoms with Crippen LogP contribution >= 0.6 is 11.3 Å². The topological polar surface area (TPSA) is 102 Å². The maximum absolute atomic E-state index is 13.0. The van der Waals surface area contributed by atoms with Crippen molar-refractivity contribution in [3.05, 3.63) is 51.4 Å². The lowest BCUT2D eigenvalue weighted by molar-refractivity contribution is -0.116. The molecular weight excluding hydrogens is 404 g/mol. The molecule has 0 aliphatic heterocycles. The van der Waals surface area contributed by atoms with E-state index in [-0.39, 0.29) is 30.0 Å². The van der Waals surface area contributed by atoms with E-state index in [9.17, 15) is 14.4 Å². The van der Waals surface area contributed by atoms with Gasteiger partial charge in [-0.05, 0) is 38.0 Å². The number of nitrogens with one attached hydrogen (secondary N) is 2. The molecule has 158 valence electrons. The molecule has 0 spiro atoms. The molecule has 0 fully saturated rings. The van der Waals surface area contributed by atoms with Gasteiger partial charge in [0.15, 0.2) is 0 Å². The van der Waals surface area contributed by atoms with Crippen LogP contribution in [0.2, 0.25) is 0 Å². The van der Waals surface area contributed by atoms with Gasteiger partial charge in [-0.3, -0.25) is 19.0 Å². The third-order valence-electron chi connectivity index (χ3n) is 4.81. The highest BCUT2D eigenvalue weighted by Gasteiger charge is 2.21. The fourth-order valence-corrected chi connectivity index (χ4v) is 4.01. The third kappa shape index (κ3) is 4.35. The number of hydrogen-bond acceptors (Lipinski definition) is 6. The van der Waals surface area contributed by atoms with Gasteiger partial charge in [-0.25, -0.2) is 4.98 Å². The van der Waals surface area contributed by atoms with Crippen molar-refractivity contribution < 1.29 is 14.3 Å². The minimum absolute atomic E-state index is 0.0328. The fraction of sp³-hybridized carbons (Fsp3) is 0.333. The summed E-state index contributed by atoms with van der Waals surface area (Å²) >= 11 is 1.18. The van der Waals surface area contributed by atoms with E-state index in [1.165, 1.54) is 29.3 Å². The Morgan fingerprint density at radius 1 is 1.30 bits per heavy atom. The summed E-state index contributed by atoms with van der Waals surface area (Å²) in [5, 5.41) is 6.01. The maximum atomic E-state index is 13.0. The van der Waals surface area contributed by atoms with Crippen molar-refractivity contribution in [3.8, 4) is 5.75 Å².